The van der Waals surface area contributed by atoms with Crippen molar-refractivity contribution in [2.45, 2.75) is 24.5 Å². The van der Waals surface area contributed by atoms with Gasteiger partial charge in [-0.3, -0.25) is 9.69 Å². The number of amides is 1. The molecule has 1 aromatic heterocycles. The Morgan fingerprint density at radius 2 is 2.00 bits per heavy atom. The number of rotatable bonds is 5. The van der Waals surface area contributed by atoms with Gasteiger partial charge in [0.2, 0.25) is 5.91 Å². The lowest BCUT2D eigenvalue weighted by atomic mass is 10.1. The second kappa shape index (κ2) is 7.15. The SMILES string of the molecule is CCN(C(C)=O)c1nc(CSc2ccc3ccccc3c2)cs1. The molecule has 3 aromatic rings. The highest BCUT2D eigenvalue weighted by atomic mass is 32.2. The van der Waals surface area contributed by atoms with E-state index in [1.807, 2.05) is 12.3 Å². The molecule has 0 radical (unpaired) electrons. The summed E-state index contributed by atoms with van der Waals surface area (Å²) >= 11 is 3.30. The van der Waals surface area contributed by atoms with Gasteiger partial charge in [-0.25, -0.2) is 4.98 Å². The zero-order valence-corrected chi connectivity index (χ0v) is 14.8. The van der Waals surface area contributed by atoms with E-state index in [0.717, 1.165) is 16.6 Å². The number of benzene rings is 2. The fraction of sp³-hybridized carbons (Fsp3) is 0.222. The van der Waals surface area contributed by atoms with Crippen LogP contribution in [0.1, 0.15) is 19.5 Å². The fourth-order valence-electron chi connectivity index (χ4n) is 2.39. The molecule has 3 rings (SSSR count). The number of thiazole rings is 1. The Balaban J connectivity index is 1.70. The van der Waals surface area contributed by atoms with E-state index in [-0.39, 0.29) is 5.91 Å². The van der Waals surface area contributed by atoms with Crippen molar-refractivity contribution in [3.63, 3.8) is 0 Å². The molecule has 0 fully saturated rings. The smallest absolute Gasteiger partial charge is 0.225 e. The molecule has 0 aliphatic heterocycles. The molecule has 0 bridgehead atoms. The first-order valence-corrected chi connectivity index (χ1v) is 9.38. The molecular weight excluding hydrogens is 324 g/mol. The van der Waals surface area contributed by atoms with Gasteiger partial charge in [0.1, 0.15) is 0 Å². The molecular formula is C18H18N2OS2. The van der Waals surface area contributed by atoms with Crippen LogP contribution in [0.4, 0.5) is 5.13 Å². The maximum absolute atomic E-state index is 11.6. The van der Waals surface area contributed by atoms with Gasteiger partial charge >= 0.3 is 0 Å². The van der Waals surface area contributed by atoms with Gasteiger partial charge in [0, 0.05) is 29.5 Å². The zero-order valence-electron chi connectivity index (χ0n) is 13.2. The third-order valence-corrected chi connectivity index (χ3v) is 5.51. The predicted molar refractivity (Wildman–Crippen MR) is 99.3 cm³/mol. The fourth-order valence-corrected chi connectivity index (χ4v) is 4.27. The second-order valence-electron chi connectivity index (χ2n) is 5.18. The summed E-state index contributed by atoms with van der Waals surface area (Å²) in [5.74, 6) is 0.847. The molecule has 0 spiro atoms. The van der Waals surface area contributed by atoms with Crippen molar-refractivity contribution in [2.75, 3.05) is 11.4 Å². The second-order valence-corrected chi connectivity index (χ2v) is 7.07. The minimum absolute atomic E-state index is 0.0376. The lowest BCUT2D eigenvalue weighted by molar-refractivity contribution is -0.116. The summed E-state index contributed by atoms with van der Waals surface area (Å²) in [6, 6.07) is 14.9. The highest BCUT2D eigenvalue weighted by Gasteiger charge is 2.13. The molecule has 5 heteroatoms. The molecule has 0 aliphatic rings. The molecule has 1 heterocycles. The third kappa shape index (κ3) is 3.74. The van der Waals surface area contributed by atoms with Crippen molar-refractivity contribution in [3.8, 4) is 0 Å². The van der Waals surface area contributed by atoms with Crippen LogP contribution in [0.5, 0.6) is 0 Å². The van der Waals surface area contributed by atoms with Gasteiger partial charge in [0.05, 0.1) is 5.69 Å². The summed E-state index contributed by atoms with van der Waals surface area (Å²) in [7, 11) is 0. The molecule has 0 unspecified atom stereocenters. The van der Waals surface area contributed by atoms with Crippen LogP contribution in [-0.2, 0) is 10.5 Å². The van der Waals surface area contributed by atoms with Gasteiger partial charge in [-0.1, -0.05) is 30.3 Å². The van der Waals surface area contributed by atoms with E-state index < -0.39 is 0 Å². The summed E-state index contributed by atoms with van der Waals surface area (Å²) in [4.78, 5) is 19.1. The summed E-state index contributed by atoms with van der Waals surface area (Å²) in [6.07, 6.45) is 0. The van der Waals surface area contributed by atoms with E-state index in [0.29, 0.717) is 6.54 Å². The number of fused-ring (bicyclic) bond motifs is 1. The lowest BCUT2D eigenvalue weighted by Gasteiger charge is -2.14. The summed E-state index contributed by atoms with van der Waals surface area (Å²) < 4.78 is 0. The van der Waals surface area contributed by atoms with Crippen molar-refractivity contribution >= 4 is 44.9 Å². The molecule has 23 heavy (non-hydrogen) atoms. The molecule has 0 atom stereocenters. The average Bonchev–Trinajstić information content (AvgIpc) is 3.01. The van der Waals surface area contributed by atoms with E-state index in [4.69, 9.17) is 0 Å². The van der Waals surface area contributed by atoms with Crippen molar-refractivity contribution in [1.82, 2.24) is 4.98 Å². The van der Waals surface area contributed by atoms with Gasteiger partial charge in [-0.2, -0.15) is 0 Å². The predicted octanol–water partition coefficient (Wildman–Crippen LogP) is 4.96. The summed E-state index contributed by atoms with van der Waals surface area (Å²) in [5, 5.41) is 5.33. The number of nitrogens with zero attached hydrogens (tertiary/aromatic N) is 2. The molecule has 0 saturated heterocycles. The van der Waals surface area contributed by atoms with Crippen LogP contribution >= 0.6 is 23.1 Å². The maximum atomic E-state index is 11.6. The van der Waals surface area contributed by atoms with E-state index in [2.05, 4.69) is 47.4 Å². The number of carbonyl (C=O) groups excluding carboxylic acids is 1. The lowest BCUT2D eigenvalue weighted by Crippen LogP contribution is -2.27. The monoisotopic (exact) mass is 342 g/mol. The van der Waals surface area contributed by atoms with E-state index in [1.165, 1.54) is 27.0 Å². The highest BCUT2D eigenvalue weighted by Crippen LogP contribution is 2.28. The molecule has 0 aliphatic carbocycles. The van der Waals surface area contributed by atoms with Gasteiger partial charge in [0.15, 0.2) is 5.13 Å². The number of hydrogen-bond donors (Lipinski definition) is 0. The normalized spacial score (nSPS) is 10.9. The van der Waals surface area contributed by atoms with Crippen LogP contribution in [0.2, 0.25) is 0 Å². The Bertz CT molecular complexity index is 829. The topological polar surface area (TPSA) is 33.2 Å². The quantitative estimate of drug-likeness (QED) is 0.614. The van der Waals surface area contributed by atoms with Crippen LogP contribution in [0, 0.1) is 0 Å². The third-order valence-electron chi connectivity index (χ3n) is 3.57. The molecule has 0 N–H and O–H groups in total. The number of aromatic nitrogens is 1. The first-order chi connectivity index (χ1) is 11.2. The van der Waals surface area contributed by atoms with Gasteiger partial charge in [-0.05, 0) is 29.8 Å². The number of hydrogen-bond acceptors (Lipinski definition) is 4. The Labute approximate surface area is 144 Å². The average molecular weight is 342 g/mol. The van der Waals surface area contributed by atoms with Crippen molar-refractivity contribution in [3.05, 3.63) is 53.5 Å². The van der Waals surface area contributed by atoms with Crippen LogP contribution in [0.3, 0.4) is 0 Å². The van der Waals surface area contributed by atoms with E-state index in [9.17, 15) is 4.79 Å². The summed E-state index contributed by atoms with van der Waals surface area (Å²) in [5.41, 5.74) is 1.02. The van der Waals surface area contributed by atoms with Crippen LogP contribution in [0.15, 0.2) is 52.7 Å². The van der Waals surface area contributed by atoms with Crippen molar-refractivity contribution in [2.24, 2.45) is 0 Å². The molecule has 1 amide bonds. The molecule has 3 nitrogen and oxygen atoms in total. The molecule has 2 aromatic carbocycles. The highest BCUT2D eigenvalue weighted by molar-refractivity contribution is 7.98. The largest absolute Gasteiger partial charge is 0.289 e. The minimum Gasteiger partial charge on any atom is -0.289 e. The summed E-state index contributed by atoms with van der Waals surface area (Å²) in [6.45, 7) is 4.20. The Morgan fingerprint density at radius 1 is 1.22 bits per heavy atom. The maximum Gasteiger partial charge on any atom is 0.225 e. The number of anilines is 1. The van der Waals surface area contributed by atoms with Crippen molar-refractivity contribution < 1.29 is 4.79 Å². The Kier molecular flexibility index (Phi) is 4.98. The number of carbonyl (C=O) groups is 1. The Morgan fingerprint density at radius 3 is 2.74 bits per heavy atom. The number of thioether (sulfide) groups is 1. The Hall–Kier alpha value is -1.85. The van der Waals surface area contributed by atoms with Gasteiger partial charge in [0.25, 0.3) is 0 Å². The first kappa shape index (κ1) is 16.0. The first-order valence-electron chi connectivity index (χ1n) is 7.51. The van der Waals surface area contributed by atoms with E-state index in [1.54, 1.807) is 23.6 Å². The standard InChI is InChI=1S/C18H18N2OS2/c1-3-20(13(2)21)18-19-16(12-23-18)11-22-17-9-8-14-6-4-5-7-15(14)10-17/h4-10,12H,3,11H2,1-2H3. The van der Waals surface area contributed by atoms with Crippen LogP contribution in [-0.4, -0.2) is 17.4 Å². The van der Waals surface area contributed by atoms with Crippen LogP contribution < -0.4 is 4.90 Å². The molecule has 0 saturated carbocycles. The van der Waals surface area contributed by atoms with E-state index >= 15 is 0 Å². The zero-order chi connectivity index (χ0) is 16.2. The van der Waals surface area contributed by atoms with Gasteiger partial charge in [-0.15, -0.1) is 23.1 Å². The van der Waals surface area contributed by atoms with Gasteiger partial charge < -0.3 is 0 Å². The molecule has 118 valence electrons. The minimum atomic E-state index is 0.0376. The van der Waals surface area contributed by atoms with Crippen LogP contribution in [0.25, 0.3) is 10.8 Å². The van der Waals surface area contributed by atoms with Crippen molar-refractivity contribution in [1.29, 1.82) is 0 Å².